The smallest absolute Gasteiger partial charge is 0.303 e. The molecule has 27 heavy (non-hydrogen) atoms. The number of hydrogen-bond donors (Lipinski definition) is 1. The van der Waals surface area contributed by atoms with Crippen LogP contribution in [-0.4, -0.2) is 35.2 Å². The number of benzene rings is 1. The summed E-state index contributed by atoms with van der Waals surface area (Å²) in [5.41, 5.74) is 0.990. The number of aromatic nitrogens is 2. The molecule has 0 saturated heterocycles. The Balaban J connectivity index is 1.90. The lowest BCUT2D eigenvalue weighted by Crippen LogP contribution is -2.16. The lowest BCUT2D eigenvalue weighted by Gasteiger charge is -2.12. The third kappa shape index (κ3) is 3.08. The number of carbonyl (C=O) groups is 1. The van der Waals surface area contributed by atoms with Crippen LogP contribution in [0.4, 0.5) is 0 Å². The van der Waals surface area contributed by atoms with Crippen LogP contribution in [0.25, 0.3) is 11.0 Å². The number of nitrogens with zero attached hydrogens (tertiary/aromatic N) is 2. The molecule has 0 fully saturated rings. The third-order valence-corrected chi connectivity index (χ3v) is 6.10. The van der Waals surface area contributed by atoms with Crippen LogP contribution in [-0.2, 0) is 21.2 Å². The van der Waals surface area contributed by atoms with E-state index in [-0.39, 0.29) is 29.7 Å². The third-order valence-electron chi connectivity index (χ3n) is 4.13. The van der Waals surface area contributed by atoms with Crippen LogP contribution in [0.15, 0.2) is 41.3 Å². The first-order chi connectivity index (χ1) is 12.9. The molecule has 8 nitrogen and oxygen atoms in total. The summed E-state index contributed by atoms with van der Waals surface area (Å²) in [5, 5.41) is 9.20. The monoisotopic (exact) mass is 408 g/mol. The Morgan fingerprint density at radius 1 is 1.19 bits per heavy atom. The maximum atomic E-state index is 13.3. The highest BCUT2D eigenvalue weighted by Gasteiger charge is 2.26. The van der Waals surface area contributed by atoms with Crippen molar-refractivity contribution >= 4 is 38.6 Å². The van der Waals surface area contributed by atoms with E-state index >= 15 is 0 Å². The van der Waals surface area contributed by atoms with Crippen molar-refractivity contribution in [1.82, 2.24) is 8.96 Å². The number of hydrogen-bond acceptors (Lipinski definition) is 6. The van der Waals surface area contributed by atoms with E-state index in [2.05, 4.69) is 4.98 Å². The summed E-state index contributed by atoms with van der Waals surface area (Å²) in [6, 6.07) is 8.88. The first kappa shape index (κ1) is 17.6. The van der Waals surface area contributed by atoms with E-state index in [9.17, 15) is 13.2 Å². The summed E-state index contributed by atoms with van der Waals surface area (Å²) < 4.78 is 38.2. The van der Waals surface area contributed by atoms with E-state index < -0.39 is 16.0 Å². The molecule has 0 amide bonds. The van der Waals surface area contributed by atoms with Crippen molar-refractivity contribution in [2.75, 3.05) is 6.79 Å². The van der Waals surface area contributed by atoms with Gasteiger partial charge in [-0.25, -0.2) is 17.4 Å². The van der Waals surface area contributed by atoms with Gasteiger partial charge in [0.05, 0.1) is 22.3 Å². The minimum absolute atomic E-state index is 0.00391. The molecule has 0 unspecified atom stereocenters. The highest BCUT2D eigenvalue weighted by atomic mass is 35.5. The zero-order valence-electron chi connectivity index (χ0n) is 13.8. The van der Waals surface area contributed by atoms with Crippen LogP contribution in [0.1, 0.15) is 12.1 Å². The summed E-state index contributed by atoms with van der Waals surface area (Å²) in [6.45, 7) is 0.0254. The molecule has 1 N–H and O–H groups in total. The fourth-order valence-electron chi connectivity index (χ4n) is 2.93. The summed E-state index contributed by atoms with van der Waals surface area (Å²) in [7, 11) is -4.03. The molecule has 0 saturated carbocycles. The molecule has 1 aliphatic heterocycles. The Bertz CT molecular complexity index is 1170. The molecule has 3 aromatic rings. The van der Waals surface area contributed by atoms with Crippen molar-refractivity contribution in [2.24, 2.45) is 0 Å². The van der Waals surface area contributed by atoms with E-state index in [4.69, 9.17) is 26.2 Å². The van der Waals surface area contributed by atoms with Crippen molar-refractivity contribution in [1.29, 1.82) is 0 Å². The number of aliphatic carboxylic acids is 1. The van der Waals surface area contributed by atoms with Crippen molar-refractivity contribution in [3.05, 3.63) is 47.2 Å². The van der Waals surface area contributed by atoms with Gasteiger partial charge in [0.1, 0.15) is 5.15 Å². The van der Waals surface area contributed by atoms with E-state index in [0.29, 0.717) is 28.2 Å². The molecule has 0 radical (unpaired) electrons. The Labute approximate surface area is 159 Å². The van der Waals surface area contributed by atoms with Crippen molar-refractivity contribution in [2.45, 2.75) is 17.7 Å². The Morgan fingerprint density at radius 3 is 2.74 bits per heavy atom. The predicted octanol–water partition coefficient (Wildman–Crippen LogP) is 2.67. The van der Waals surface area contributed by atoms with Gasteiger partial charge in [0.25, 0.3) is 10.0 Å². The number of halogens is 1. The second kappa shape index (κ2) is 6.43. The lowest BCUT2D eigenvalue weighted by atomic mass is 10.2. The first-order valence-corrected chi connectivity index (χ1v) is 9.72. The van der Waals surface area contributed by atoms with Crippen LogP contribution >= 0.6 is 11.6 Å². The maximum Gasteiger partial charge on any atom is 0.303 e. The van der Waals surface area contributed by atoms with Gasteiger partial charge in [0.15, 0.2) is 11.5 Å². The molecule has 0 aliphatic carbocycles. The molecule has 3 heterocycles. The molecule has 0 atom stereocenters. The van der Waals surface area contributed by atoms with Crippen molar-refractivity contribution in [3.8, 4) is 11.5 Å². The highest BCUT2D eigenvalue weighted by molar-refractivity contribution is 7.90. The number of carboxylic acid groups (broad SMARTS) is 1. The number of aryl methyl sites for hydroxylation is 1. The van der Waals surface area contributed by atoms with Gasteiger partial charge in [0.2, 0.25) is 6.79 Å². The second-order valence-electron chi connectivity index (χ2n) is 5.85. The number of ether oxygens (including phenoxy) is 2. The zero-order chi connectivity index (χ0) is 19.2. The number of pyridine rings is 1. The van der Waals surface area contributed by atoms with Gasteiger partial charge >= 0.3 is 5.97 Å². The number of fused-ring (bicyclic) bond motifs is 2. The fraction of sp³-hybridized carbons (Fsp3) is 0.176. The largest absolute Gasteiger partial charge is 0.481 e. The standard InChI is InChI=1S/C17H13ClN2O6S/c18-16-5-3-13-12(19-16)7-10(1-6-17(21)22)20(13)27(23,24)11-2-4-14-15(8-11)26-9-25-14/h2-5,7-8H,1,6,9H2,(H,21,22). The SMILES string of the molecule is O=C(O)CCc1cc2nc(Cl)ccc2n1S(=O)(=O)c1ccc2c(c1)OCO2. The van der Waals surface area contributed by atoms with Gasteiger partial charge < -0.3 is 14.6 Å². The van der Waals surface area contributed by atoms with Gasteiger partial charge in [0, 0.05) is 11.8 Å². The fourth-order valence-corrected chi connectivity index (χ4v) is 4.65. The van der Waals surface area contributed by atoms with Gasteiger partial charge in [-0.15, -0.1) is 0 Å². The van der Waals surface area contributed by atoms with Gasteiger partial charge in [-0.3, -0.25) is 4.79 Å². The van der Waals surface area contributed by atoms with Crippen LogP contribution in [0.5, 0.6) is 11.5 Å². The van der Waals surface area contributed by atoms with Crippen LogP contribution in [0.2, 0.25) is 5.15 Å². The molecule has 4 rings (SSSR count). The van der Waals surface area contributed by atoms with E-state index in [1.807, 2.05) is 0 Å². The molecule has 1 aromatic carbocycles. The Morgan fingerprint density at radius 2 is 1.96 bits per heavy atom. The highest BCUT2D eigenvalue weighted by Crippen LogP contribution is 2.35. The zero-order valence-corrected chi connectivity index (χ0v) is 15.3. The molecular weight excluding hydrogens is 396 g/mol. The average Bonchev–Trinajstić information content (AvgIpc) is 3.22. The second-order valence-corrected chi connectivity index (χ2v) is 8.03. The van der Waals surface area contributed by atoms with Crippen molar-refractivity contribution < 1.29 is 27.8 Å². The summed E-state index contributed by atoms with van der Waals surface area (Å²) in [5.74, 6) is -0.232. The normalized spacial score (nSPS) is 13.2. The molecule has 2 aromatic heterocycles. The number of carboxylic acids is 1. The summed E-state index contributed by atoms with van der Waals surface area (Å²) in [4.78, 5) is 15.1. The summed E-state index contributed by atoms with van der Waals surface area (Å²) >= 11 is 5.91. The predicted molar refractivity (Wildman–Crippen MR) is 95.8 cm³/mol. The van der Waals surface area contributed by atoms with Gasteiger partial charge in [-0.2, -0.15) is 0 Å². The van der Waals surface area contributed by atoms with Crippen LogP contribution in [0, 0.1) is 0 Å². The van der Waals surface area contributed by atoms with E-state index in [1.54, 1.807) is 6.07 Å². The quantitative estimate of drug-likeness (QED) is 0.646. The minimum atomic E-state index is -4.03. The number of rotatable bonds is 5. The van der Waals surface area contributed by atoms with Gasteiger partial charge in [-0.1, -0.05) is 11.6 Å². The topological polar surface area (TPSA) is 108 Å². The Kier molecular flexibility index (Phi) is 4.20. The molecule has 1 aliphatic rings. The molecule has 0 spiro atoms. The lowest BCUT2D eigenvalue weighted by molar-refractivity contribution is -0.136. The van der Waals surface area contributed by atoms with E-state index in [1.165, 1.54) is 30.3 Å². The first-order valence-electron chi connectivity index (χ1n) is 7.90. The van der Waals surface area contributed by atoms with E-state index in [0.717, 1.165) is 3.97 Å². The summed E-state index contributed by atoms with van der Waals surface area (Å²) in [6.07, 6.45) is -0.201. The molecule has 140 valence electrons. The van der Waals surface area contributed by atoms with Crippen LogP contribution in [0.3, 0.4) is 0 Å². The minimum Gasteiger partial charge on any atom is -0.481 e. The molecule has 10 heteroatoms. The van der Waals surface area contributed by atoms with Gasteiger partial charge in [-0.05, 0) is 36.8 Å². The molecule has 0 bridgehead atoms. The average molecular weight is 409 g/mol. The maximum absolute atomic E-state index is 13.3. The Hall–Kier alpha value is -2.78. The van der Waals surface area contributed by atoms with Crippen LogP contribution < -0.4 is 9.47 Å². The van der Waals surface area contributed by atoms with Crippen molar-refractivity contribution in [3.63, 3.8) is 0 Å². The molecular formula is C17H13ClN2O6S.